The first-order valence-electron chi connectivity index (χ1n) is 7.43. The smallest absolute Gasteiger partial charge is 0.336 e. The van der Waals surface area contributed by atoms with E-state index in [2.05, 4.69) is 5.32 Å². The molecule has 0 aromatic heterocycles. The van der Waals surface area contributed by atoms with Crippen LogP contribution in [0.1, 0.15) is 35.7 Å². The number of carbonyl (C=O) groups excluding carboxylic acids is 2. The van der Waals surface area contributed by atoms with Crippen molar-refractivity contribution in [3.63, 3.8) is 0 Å². The average Bonchev–Trinajstić information content (AvgIpc) is 2.98. The summed E-state index contributed by atoms with van der Waals surface area (Å²) in [4.78, 5) is 37.2. The van der Waals surface area contributed by atoms with Crippen molar-refractivity contribution in [2.45, 2.75) is 37.6 Å². The number of hydrogen-bond donors (Lipinski definition) is 2. The molecular formula is C16H18N2O4S. The van der Waals surface area contributed by atoms with Gasteiger partial charge in [0.15, 0.2) is 0 Å². The van der Waals surface area contributed by atoms with E-state index in [0.717, 1.165) is 6.42 Å². The van der Waals surface area contributed by atoms with Crippen LogP contribution < -0.4 is 5.32 Å². The van der Waals surface area contributed by atoms with Crippen molar-refractivity contribution >= 4 is 35.2 Å². The Morgan fingerprint density at radius 3 is 2.87 bits per heavy atom. The Balaban J connectivity index is 1.79. The highest BCUT2D eigenvalue weighted by Gasteiger charge is 2.52. The minimum atomic E-state index is -1.03. The van der Waals surface area contributed by atoms with Crippen molar-refractivity contribution in [1.82, 2.24) is 4.90 Å². The van der Waals surface area contributed by atoms with Gasteiger partial charge in [-0.05, 0) is 38.0 Å². The minimum Gasteiger partial charge on any atom is -0.478 e. The van der Waals surface area contributed by atoms with Gasteiger partial charge >= 0.3 is 5.97 Å². The lowest BCUT2D eigenvalue weighted by atomic mass is 10.1. The number of amides is 2. The van der Waals surface area contributed by atoms with Crippen LogP contribution in [0.5, 0.6) is 0 Å². The van der Waals surface area contributed by atoms with Crippen molar-refractivity contribution < 1.29 is 19.5 Å². The number of fused-ring (bicyclic) bond motifs is 1. The molecule has 23 heavy (non-hydrogen) atoms. The largest absolute Gasteiger partial charge is 0.478 e. The van der Waals surface area contributed by atoms with Crippen LogP contribution >= 0.6 is 11.8 Å². The van der Waals surface area contributed by atoms with Gasteiger partial charge < -0.3 is 15.3 Å². The third-order valence-corrected chi connectivity index (χ3v) is 5.99. The predicted octanol–water partition coefficient (Wildman–Crippen LogP) is 2.09. The van der Waals surface area contributed by atoms with Crippen molar-refractivity contribution in [1.29, 1.82) is 0 Å². The molecule has 1 aromatic rings. The van der Waals surface area contributed by atoms with Gasteiger partial charge in [0, 0.05) is 17.9 Å². The molecule has 2 heterocycles. The van der Waals surface area contributed by atoms with Crippen molar-refractivity contribution in [2.75, 3.05) is 11.1 Å². The van der Waals surface area contributed by atoms with Gasteiger partial charge in [-0.3, -0.25) is 9.59 Å². The first-order valence-corrected chi connectivity index (χ1v) is 8.41. The lowest BCUT2D eigenvalue weighted by Gasteiger charge is -2.29. The van der Waals surface area contributed by atoms with Gasteiger partial charge in [0.05, 0.1) is 10.4 Å². The Hall–Kier alpha value is -2.02. The molecule has 0 radical (unpaired) electrons. The topological polar surface area (TPSA) is 86.7 Å². The summed E-state index contributed by atoms with van der Waals surface area (Å²) in [7, 11) is 0. The van der Waals surface area contributed by atoms with E-state index in [1.807, 2.05) is 6.92 Å². The number of nitrogens with one attached hydrogen (secondary N) is 1. The second-order valence-corrected chi connectivity index (χ2v) is 7.59. The van der Waals surface area contributed by atoms with E-state index < -0.39 is 12.0 Å². The summed E-state index contributed by atoms with van der Waals surface area (Å²) in [6, 6.07) is 4.28. The summed E-state index contributed by atoms with van der Waals surface area (Å²) in [5.74, 6) is -0.729. The average molecular weight is 334 g/mol. The molecule has 122 valence electrons. The Kier molecular flexibility index (Phi) is 3.83. The molecule has 2 aliphatic rings. The zero-order valence-corrected chi connectivity index (χ0v) is 13.8. The number of nitrogens with zero attached hydrogens (tertiary/aromatic N) is 1. The molecule has 2 unspecified atom stereocenters. The monoisotopic (exact) mass is 334 g/mol. The highest BCUT2D eigenvalue weighted by molar-refractivity contribution is 8.01. The molecular weight excluding hydrogens is 316 g/mol. The van der Waals surface area contributed by atoms with Gasteiger partial charge in [-0.2, -0.15) is 0 Å². The van der Waals surface area contributed by atoms with Gasteiger partial charge in [0.2, 0.25) is 11.8 Å². The summed E-state index contributed by atoms with van der Waals surface area (Å²) < 4.78 is 0. The Bertz CT molecular complexity index is 705. The normalized spacial score (nSPS) is 26.3. The third kappa shape index (κ3) is 2.69. The molecule has 2 N–H and O–H groups in total. The number of thioether (sulfide) groups is 1. The first-order chi connectivity index (χ1) is 10.8. The van der Waals surface area contributed by atoms with E-state index in [9.17, 15) is 14.4 Å². The van der Waals surface area contributed by atoms with Gasteiger partial charge in [-0.15, -0.1) is 11.8 Å². The third-order valence-electron chi connectivity index (χ3n) is 4.48. The maximum Gasteiger partial charge on any atom is 0.336 e. The fraction of sp³-hybridized carbons (Fsp3) is 0.438. The first kappa shape index (κ1) is 15.9. The number of carboxylic acid groups (broad SMARTS) is 1. The summed E-state index contributed by atoms with van der Waals surface area (Å²) >= 11 is 1.63. The molecule has 2 aliphatic heterocycles. The van der Waals surface area contributed by atoms with Crippen molar-refractivity contribution in [3.8, 4) is 0 Å². The minimum absolute atomic E-state index is 0.00720. The standard InChI is InChI=1S/C16H18N2O4S/c1-9-3-4-10(7-11(9)15(21)22)17-14(20)12-8-23-16(2)6-5-13(19)18(12)16/h3-4,7,12H,5-6,8H2,1-2H3,(H,17,20)(H,21,22). The SMILES string of the molecule is Cc1ccc(NC(=O)C2CSC3(C)CCC(=O)N23)cc1C(=O)O. The molecule has 0 saturated carbocycles. The molecule has 2 saturated heterocycles. The number of rotatable bonds is 3. The maximum absolute atomic E-state index is 12.5. The lowest BCUT2D eigenvalue weighted by molar-refractivity contribution is -0.135. The molecule has 7 heteroatoms. The quantitative estimate of drug-likeness (QED) is 0.884. The number of hydrogen-bond acceptors (Lipinski definition) is 4. The van der Waals surface area contributed by atoms with Crippen LogP contribution in [0, 0.1) is 6.92 Å². The summed E-state index contributed by atoms with van der Waals surface area (Å²) in [6.45, 7) is 3.70. The molecule has 0 aliphatic carbocycles. The molecule has 2 amide bonds. The van der Waals surface area contributed by atoms with E-state index in [0.29, 0.717) is 23.4 Å². The maximum atomic E-state index is 12.5. The zero-order chi connectivity index (χ0) is 16.8. The predicted molar refractivity (Wildman–Crippen MR) is 87.5 cm³/mol. The van der Waals surface area contributed by atoms with Crippen LogP contribution in [0.3, 0.4) is 0 Å². The number of carbonyl (C=O) groups is 3. The number of benzene rings is 1. The van der Waals surface area contributed by atoms with E-state index >= 15 is 0 Å². The van der Waals surface area contributed by atoms with Crippen molar-refractivity contribution in [2.24, 2.45) is 0 Å². The van der Waals surface area contributed by atoms with Crippen LogP contribution in [0.25, 0.3) is 0 Å². The van der Waals surface area contributed by atoms with Crippen LogP contribution in [0.4, 0.5) is 5.69 Å². The number of carboxylic acids is 1. The second-order valence-electron chi connectivity index (χ2n) is 6.09. The number of anilines is 1. The van der Waals surface area contributed by atoms with Gasteiger partial charge in [0.1, 0.15) is 6.04 Å². The zero-order valence-electron chi connectivity index (χ0n) is 13.0. The Morgan fingerprint density at radius 2 is 2.17 bits per heavy atom. The summed E-state index contributed by atoms with van der Waals surface area (Å²) in [6.07, 6.45) is 1.23. The molecule has 2 atom stereocenters. The fourth-order valence-electron chi connectivity index (χ4n) is 3.17. The van der Waals surface area contributed by atoms with Crippen LogP contribution in [0.15, 0.2) is 18.2 Å². The highest BCUT2D eigenvalue weighted by Crippen LogP contribution is 2.47. The number of aromatic carboxylic acids is 1. The van der Waals surface area contributed by atoms with Crippen LogP contribution in [-0.2, 0) is 9.59 Å². The molecule has 6 nitrogen and oxygen atoms in total. The van der Waals surface area contributed by atoms with E-state index in [1.165, 1.54) is 6.07 Å². The van der Waals surface area contributed by atoms with Gasteiger partial charge in [-0.25, -0.2) is 4.79 Å². The van der Waals surface area contributed by atoms with Crippen LogP contribution in [0.2, 0.25) is 0 Å². The molecule has 2 fully saturated rings. The summed E-state index contributed by atoms with van der Waals surface area (Å²) in [5, 5.41) is 11.9. The van der Waals surface area contributed by atoms with Gasteiger partial charge in [-0.1, -0.05) is 6.07 Å². The molecule has 0 bridgehead atoms. The summed E-state index contributed by atoms with van der Waals surface area (Å²) in [5.41, 5.74) is 1.23. The molecule has 0 spiro atoms. The second kappa shape index (κ2) is 5.56. The van der Waals surface area contributed by atoms with Gasteiger partial charge in [0.25, 0.3) is 0 Å². The van der Waals surface area contributed by atoms with E-state index in [4.69, 9.17) is 5.11 Å². The fourth-order valence-corrected chi connectivity index (χ4v) is 4.60. The number of aryl methyl sites for hydroxylation is 1. The molecule has 1 aromatic carbocycles. The van der Waals surface area contributed by atoms with Crippen LogP contribution in [-0.4, -0.2) is 44.5 Å². The Labute approximate surface area is 138 Å². The lowest BCUT2D eigenvalue weighted by Crippen LogP contribution is -2.48. The van der Waals surface area contributed by atoms with Crippen molar-refractivity contribution in [3.05, 3.63) is 29.3 Å². The van der Waals surface area contributed by atoms with E-state index in [-0.39, 0.29) is 22.2 Å². The van der Waals surface area contributed by atoms with E-state index in [1.54, 1.807) is 35.7 Å². The highest BCUT2D eigenvalue weighted by atomic mass is 32.2. The molecule has 3 rings (SSSR count). The Morgan fingerprint density at radius 1 is 1.43 bits per heavy atom.